The van der Waals surface area contributed by atoms with Gasteiger partial charge in [-0.05, 0) is 80.9 Å². The van der Waals surface area contributed by atoms with Crippen LogP contribution in [0.25, 0.3) is 27.7 Å². The highest BCUT2D eigenvalue weighted by molar-refractivity contribution is 5.90. The van der Waals surface area contributed by atoms with Crippen LogP contribution in [0.15, 0.2) is 66.5 Å². The molecule has 4 aromatic rings. The molecule has 2 aromatic heterocycles. The summed E-state index contributed by atoms with van der Waals surface area (Å²) < 4.78 is 8.43. The molecule has 1 saturated carbocycles. The summed E-state index contributed by atoms with van der Waals surface area (Å²) in [5.41, 5.74) is 6.02. The van der Waals surface area contributed by atoms with Crippen LogP contribution in [0.5, 0.6) is 5.75 Å². The zero-order valence-electron chi connectivity index (χ0n) is 20.3. The maximum Gasteiger partial charge on any atom is 0.130 e. The topological polar surface area (TPSA) is 64.0 Å². The second kappa shape index (κ2) is 9.19. The van der Waals surface area contributed by atoms with Crippen LogP contribution >= 0.6 is 0 Å². The highest BCUT2D eigenvalue weighted by atomic mass is 16.5. The number of aryl methyl sites for hydroxylation is 1. The number of ether oxygens (including phenoxy) is 1. The number of rotatable bonds is 6. The average Bonchev–Trinajstić information content (AvgIpc) is 3.67. The number of imidazole rings is 1. The first kappa shape index (κ1) is 21.9. The summed E-state index contributed by atoms with van der Waals surface area (Å²) in [5.74, 6) is 2.80. The van der Waals surface area contributed by atoms with Crippen LogP contribution in [0.1, 0.15) is 37.1 Å². The lowest BCUT2D eigenvalue weighted by Gasteiger charge is -2.24. The van der Waals surface area contributed by atoms with Crippen LogP contribution in [-0.4, -0.2) is 33.7 Å². The molecule has 2 fully saturated rings. The highest BCUT2D eigenvalue weighted by Gasteiger charge is 2.21. The SMILES string of the molecule is Cc1ncc(-c2ccc3cnc(NC(=C4CC4)c4cccc(OC5CCNCC5)c4)cc3c2)n1C. The molecular formula is C29H31N5O. The minimum Gasteiger partial charge on any atom is -0.490 e. The number of hydrogen-bond donors (Lipinski definition) is 2. The number of piperidine rings is 1. The number of benzene rings is 2. The van der Waals surface area contributed by atoms with Gasteiger partial charge in [0, 0.05) is 35.5 Å². The number of aromatic nitrogens is 3. The van der Waals surface area contributed by atoms with Crippen molar-refractivity contribution < 1.29 is 4.74 Å². The Balaban J connectivity index is 1.27. The summed E-state index contributed by atoms with van der Waals surface area (Å²) in [5, 5.41) is 9.32. The predicted octanol–water partition coefficient (Wildman–Crippen LogP) is 5.69. The quantitative estimate of drug-likeness (QED) is 0.383. The van der Waals surface area contributed by atoms with Gasteiger partial charge in [-0.1, -0.05) is 24.3 Å². The third-order valence-electron chi connectivity index (χ3n) is 7.06. The van der Waals surface area contributed by atoms with E-state index in [-0.39, 0.29) is 6.10 Å². The van der Waals surface area contributed by atoms with Crippen molar-refractivity contribution in [2.45, 2.75) is 38.7 Å². The molecule has 0 spiro atoms. The first-order valence-corrected chi connectivity index (χ1v) is 12.5. The number of anilines is 1. The van der Waals surface area contributed by atoms with Gasteiger partial charge in [-0.15, -0.1) is 0 Å². The normalized spacial score (nSPS) is 15.9. The molecule has 35 heavy (non-hydrogen) atoms. The summed E-state index contributed by atoms with van der Waals surface area (Å²) in [6.07, 6.45) is 8.53. The molecule has 0 radical (unpaired) electrons. The molecule has 1 aliphatic heterocycles. The van der Waals surface area contributed by atoms with Crippen molar-refractivity contribution in [3.8, 4) is 17.0 Å². The zero-order valence-corrected chi connectivity index (χ0v) is 20.3. The minimum absolute atomic E-state index is 0.288. The Hall–Kier alpha value is -3.64. The van der Waals surface area contributed by atoms with Gasteiger partial charge in [0.15, 0.2) is 0 Å². The fourth-order valence-electron chi connectivity index (χ4n) is 4.77. The van der Waals surface area contributed by atoms with Crippen LogP contribution in [0.4, 0.5) is 5.82 Å². The molecule has 6 heteroatoms. The first-order valence-electron chi connectivity index (χ1n) is 12.5. The van der Waals surface area contributed by atoms with Gasteiger partial charge in [0.25, 0.3) is 0 Å². The standard InChI is InChI=1S/C29H31N5O/c1-19-31-18-27(34(19)2)21-8-9-23-17-32-28(16-24(23)14-21)33-29(20-6-7-20)22-4-3-5-26(15-22)35-25-10-12-30-13-11-25/h3-5,8-9,14-18,25,30H,6-7,10-13H2,1-2H3,(H,32,33). The lowest BCUT2D eigenvalue weighted by Crippen LogP contribution is -2.34. The van der Waals surface area contributed by atoms with E-state index in [4.69, 9.17) is 9.72 Å². The Morgan fingerprint density at radius 3 is 2.63 bits per heavy atom. The minimum atomic E-state index is 0.288. The van der Waals surface area contributed by atoms with E-state index in [0.717, 1.165) is 89.5 Å². The molecule has 6 nitrogen and oxygen atoms in total. The van der Waals surface area contributed by atoms with Gasteiger partial charge < -0.3 is 19.9 Å². The van der Waals surface area contributed by atoms with Gasteiger partial charge in [0.05, 0.1) is 11.9 Å². The Morgan fingerprint density at radius 1 is 1.00 bits per heavy atom. The number of hydrogen-bond acceptors (Lipinski definition) is 5. The smallest absolute Gasteiger partial charge is 0.130 e. The second-order valence-electron chi connectivity index (χ2n) is 9.58. The van der Waals surface area contributed by atoms with Crippen LogP contribution < -0.4 is 15.4 Å². The number of nitrogens with zero attached hydrogens (tertiary/aromatic N) is 3. The third kappa shape index (κ3) is 4.66. The summed E-state index contributed by atoms with van der Waals surface area (Å²) in [6.45, 7) is 4.07. The summed E-state index contributed by atoms with van der Waals surface area (Å²) in [6, 6.07) is 17.1. The highest BCUT2D eigenvalue weighted by Crippen LogP contribution is 2.38. The molecule has 0 unspecified atom stereocenters. The molecule has 178 valence electrons. The summed E-state index contributed by atoms with van der Waals surface area (Å²) in [4.78, 5) is 9.17. The largest absolute Gasteiger partial charge is 0.490 e. The number of nitrogens with one attached hydrogen (secondary N) is 2. The summed E-state index contributed by atoms with van der Waals surface area (Å²) in [7, 11) is 2.05. The third-order valence-corrected chi connectivity index (χ3v) is 7.06. The molecule has 0 bridgehead atoms. The fourth-order valence-corrected chi connectivity index (χ4v) is 4.77. The van der Waals surface area contributed by atoms with E-state index in [0.29, 0.717) is 0 Å². The van der Waals surface area contributed by atoms with E-state index in [9.17, 15) is 0 Å². The van der Waals surface area contributed by atoms with Crippen molar-refractivity contribution in [1.29, 1.82) is 0 Å². The molecule has 0 atom stereocenters. The molecule has 1 saturated heterocycles. The molecule has 6 rings (SSSR count). The number of fused-ring (bicyclic) bond motifs is 1. The molecular weight excluding hydrogens is 434 g/mol. The fraction of sp³-hybridized carbons (Fsp3) is 0.310. The molecule has 2 aromatic carbocycles. The molecule has 0 amide bonds. The van der Waals surface area contributed by atoms with Crippen LogP contribution in [0.3, 0.4) is 0 Å². The van der Waals surface area contributed by atoms with Crippen molar-refractivity contribution in [1.82, 2.24) is 19.9 Å². The van der Waals surface area contributed by atoms with Crippen molar-refractivity contribution >= 4 is 22.3 Å². The van der Waals surface area contributed by atoms with Gasteiger partial charge >= 0.3 is 0 Å². The Bertz CT molecular complexity index is 1410. The van der Waals surface area contributed by atoms with Gasteiger partial charge in [0.2, 0.25) is 0 Å². The van der Waals surface area contributed by atoms with E-state index < -0.39 is 0 Å². The van der Waals surface area contributed by atoms with Gasteiger partial charge in [-0.2, -0.15) is 0 Å². The van der Waals surface area contributed by atoms with Crippen molar-refractivity contribution in [3.63, 3.8) is 0 Å². The molecule has 2 N–H and O–H groups in total. The number of pyridine rings is 1. The van der Waals surface area contributed by atoms with E-state index in [2.05, 4.69) is 75.8 Å². The van der Waals surface area contributed by atoms with Gasteiger partial charge in [-0.3, -0.25) is 0 Å². The molecule has 1 aliphatic carbocycles. The van der Waals surface area contributed by atoms with Crippen molar-refractivity contribution in [2.24, 2.45) is 7.05 Å². The lowest BCUT2D eigenvalue weighted by molar-refractivity contribution is 0.162. The van der Waals surface area contributed by atoms with Gasteiger partial charge in [0.1, 0.15) is 23.5 Å². The van der Waals surface area contributed by atoms with E-state index in [1.165, 1.54) is 5.57 Å². The van der Waals surface area contributed by atoms with Crippen molar-refractivity contribution in [2.75, 3.05) is 18.4 Å². The zero-order chi connectivity index (χ0) is 23.8. The van der Waals surface area contributed by atoms with Crippen LogP contribution in [0, 0.1) is 6.92 Å². The molecule has 2 aliphatic rings. The number of allylic oxidation sites excluding steroid dienone is 1. The maximum atomic E-state index is 6.31. The lowest BCUT2D eigenvalue weighted by atomic mass is 10.1. The molecule has 3 heterocycles. The van der Waals surface area contributed by atoms with Gasteiger partial charge in [-0.25, -0.2) is 9.97 Å². The Labute approximate surface area is 206 Å². The monoisotopic (exact) mass is 465 g/mol. The van der Waals surface area contributed by atoms with E-state index in [1.54, 1.807) is 0 Å². The summed E-state index contributed by atoms with van der Waals surface area (Å²) >= 11 is 0. The maximum absolute atomic E-state index is 6.31. The van der Waals surface area contributed by atoms with Crippen LogP contribution in [-0.2, 0) is 7.05 Å². The second-order valence-corrected chi connectivity index (χ2v) is 9.58. The average molecular weight is 466 g/mol. The van der Waals surface area contributed by atoms with Crippen molar-refractivity contribution in [3.05, 3.63) is 77.9 Å². The first-order chi connectivity index (χ1) is 17.1. The van der Waals surface area contributed by atoms with Crippen LogP contribution in [0.2, 0.25) is 0 Å². The Kier molecular flexibility index (Phi) is 5.74. The van der Waals surface area contributed by atoms with E-state index in [1.807, 2.05) is 19.3 Å². The van der Waals surface area contributed by atoms with E-state index >= 15 is 0 Å². The predicted molar refractivity (Wildman–Crippen MR) is 141 cm³/mol. The Morgan fingerprint density at radius 2 is 1.86 bits per heavy atom.